The molecule has 3 heterocycles. The first-order chi connectivity index (χ1) is 14.7. The van der Waals surface area contributed by atoms with Crippen molar-refractivity contribution in [3.8, 4) is 0 Å². The van der Waals surface area contributed by atoms with Gasteiger partial charge in [-0.15, -0.1) is 0 Å². The molecular weight excluding hydrogens is 435 g/mol. The summed E-state index contributed by atoms with van der Waals surface area (Å²) in [5.74, 6) is -0.365. The number of nitrogens with one attached hydrogen (secondary N) is 1. The van der Waals surface area contributed by atoms with Gasteiger partial charge >= 0.3 is 6.18 Å². The summed E-state index contributed by atoms with van der Waals surface area (Å²) < 4.78 is 44.6. The minimum absolute atomic E-state index is 0.147. The fourth-order valence-electron chi connectivity index (χ4n) is 3.92. The minimum Gasteiger partial charge on any atom is -0.306 e. The van der Waals surface area contributed by atoms with Crippen LogP contribution in [0.25, 0.3) is 0 Å². The maximum atomic E-state index is 13.4. The molecule has 31 heavy (non-hydrogen) atoms. The van der Waals surface area contributed by atoms with Crippen LogP contribution in [0.4, 0.5) is 19.0 Å². The number of anilines is 1. The second-order valence-electron chi connectivity index (χ2n) is 7.53. The van der Waals surface area contributed by atoms with Crippen LogP contribution in [-0.4, -0.2) is 35.2 Å². The number of fused-ring (bicyclic) bond motifs is 1. The zero-order valence-electron chi connectivity index (χ0n) is 16.9. The number of alkyl halides is 3. The average Bonchev–Trinajstić information content (AvgIpc) is 3.43. The van der Waals surface area contributed by atoms with E-state index in [-0.39, 0.29) is 22.8 Å². The first kappa shape index (κ1) is 21.4. The quantitative estimate of drug-likeness (QED) is 0.615. The molecule has 8 nitrogen and oxygen atoms in total. The predicted octanol–water partition coefficient (Wildman–Crippen LogP) is 3.61. The summed E-state index contributed by atoms with van der Waals surface area (Å²) in [6.07, 6.45) is 2.19. The third kappa shape index (κ3) is 4.18. The van der Waals surface area contributed by atoms with Gasteiger partial charge in [0, 0.05) is 36.3 Å². The van der Waals surface area contributed by atoms with E-state index in [1.54, 1.807) is 35.7 Å². The highest BCUT2D eigenvalue weighted by molar-refractivity contribution is 6.33. The summed E-state index contributed by atoms with van der Waals surface area (Å²) in [5.41, 5.74) is 0.669. The van der Waals surface area contributed by atoms with Crippen molar-refractivity contribution in [1.82, 2.24) is 29.3 Å². The van der Waals surface area contributed by atoms with Gasteiger partial charge in [0.05, 0.1) is 12.7 Å². The van der Waals surface area contributed by atoms with Crippen molar-refractivity contribution in [2.75, 3.05) is 5.32 Å². The van der Waals surface area contributed by atoms with Crippen molar-refractivity contribution < 1.29 is 18.0 Å². The topological polar surface area (TPSA) is 82.6 Å². The maximum Gasteiger partial charge on any atom is 0.435 e. The third-order valence-corrected chi connectivity index (χ3v) is 5.55. The Hall–Kier alpha value is -2.82. The fourth-order valence-corrected chi connectivity index (χ4v) is 4.12. The van der Waals surface area contributed by atoms with Gasteiger partial charge < -0.3 is 5.32 Å². The van der Waals surface area contributed by atoms with E-state index in [4.69, 9.17) is 11.6 Å². The second kappa shape index (κ2) is 8.03. The summed E-state index contributed by atoms with van der Waals surface area (Å²) in [7, 11) is 1.80. The number of aromatic nitrogens is 6. The number of amides is 1. The summed E-state index contributed by atoms with van der Waals surface area (Å²) in [5, 5.41) is 15.0. The molecule has 0 fully saturated rings. The van der Waals surface area contributed by atoms with Gasteiger partial charge in [-0.25, -0.2) is 0 Å². The van der Waals surface area contributed by atoms with E-state index in [1.165, 1.54) is 4.68 Å². The highest BCUT2D eigenvalue weighted by atomic mass is 35.5. The third-order valence-electron chi connectivity index (χ3n) is 5.27. The molecule has 3 aromatic heterocycles. The molecule has 1 amide bonds. The Bertz CT molecular complexity index is 1110. The van der Waals surface area contributed by atoms with E-state index in [1.807, 2.05) is 6.20 Å². The van der Waals surface area contributed by atoms with Gasteiger partial charge in [-0.2, -0.15) is 28.5 Å². The smallest absolute Gasteiger partial charge is 0.306 e. The lowest BCUT2D eigenvalue weighted by atomic mass is 10.1. The maximum absolute atomic E-state index is 13.4. The number of aryl methyl sites for hydroxylation is 1. The van der Waals surface area contributed by atoms with E-state index in [0.717, 1.165) is 5.56 Å². The normalized spacial score (nSPS) is 14.6. The van der Waals surface area contributed by atoms with Crippen LogP contribution in [-0.2, 0) is 37.4 Å². The van der Waals surface area contributed by atoms with E-state index in [2.05, 4.69) is 20.6 Å². The monoisotopic (exact) mass is 455 g/mol. The summed E-state index contributed by atoms with van der Waals surface area (Å²) in [6, 6.07) is -0.900. The summed E-state index contributed by atoms with van der Waals surface area (Å²) in [6.45, 7) is 2.13. The fraction of sp³-hybridized carbons (Fsp3) is 0.474. The first-order valence-corrected chi connectivity index (χ1v) is 10.2. The molecule has 0 saturated carbocycles. The van der Waals surface area contributed by atoms with E-state index in [0.29, 0.717) is 31.5 Å². The Morgan fingerprint density at radius 3 is 2.71 bits per heavy atom. The van der Waals surface area contributed by atoms with Gasteiger partial charge in [0.2, 0.25) is 5.91 Å². The average molecular weight is 456 g/mol. The molecule has 0 saturated heterocycles. The number of halogens is 4. The number of hydrogen-bond acceptors (Lipinski definition) is 4. The van der Waals surface area contributed by atoms with Gasteiger partial charge in [0.15, 0.2) is 11.5 Å². The zero-order chi connectivity index (χ0) is 22.3. The van der Waals surface area contributed by atoms with Crippen molar-refractivity contribution in [2.45, 2.75) is 51.4 Å². The number of carbonyl (C=O) groups excluding carboxylic acids is 1. The Kier molecular flexibility index (Phi) is 5.54. The van der Waals surface area contributed by atoms with Crippen LogP contribution in [0.1, 0.15) is 48.3 Å². The molecule has 166 valence electrons. The minimum atomic E-state index is -4.55. The SMILES string of the molecule is CCC(C(=O)Nc1nn(Cc2cnn(C)c2)cc1Cl)n1nc(C(F)(F)F)c2c1CCC2. The van der Waals surface area contributed by atoms with Crippen molar-refractivity contribution in [1.29, 1.82) is 0 Å². The molecule has 1 N–H and O–H groups in total. The van der Waals surface area contributed by atoms with Crippen molar-refractivity contribution >= 4 is 23.3 Å². The first-order valence-electron chi connectivity index (χ1n) is 9.86. The molecule has 0 spiro atoms. The van der Waals surface area contributed by atoms with Gasteiger partial charge in [-0.05, 0) is 25.7 Å². The standard InChI is InChI=1S/C19H21ClF3N7O/c1-3-14(30-15-6-4-5-12(15)16(26-30)19(21,22)23)18(31)25-17-13(20)10-29(27-17)9-11-7-24-28(2)8-11/h7-8,10,14H,3-6,9H2,1-2H3,(H,25,27,31). The molecule has 3 aromatic rings. The van der Waals surface area contributed by atoms with E-state index >= 15 is 0 Å². The number of carbonyl (C=O) groups is 1. The van der Waals surface area contributed by atoms with Gasteiger partial charge in [-0.3, -0.25) is 18.8 Å². The Labute approximate surface area is 181 Å². The number of hydrogen-bond donors (Lipinski definition) is 1. The van der Waals surface area contributed by atoms with Crippen LogP contribution >= 0.6 is 11.6 Å². The second-order valence-corrected chi connectivity index (χ2v) is 7.94. The molecule has 0 bridgehead atoms. The summed E-state index contributed by atoms with van der Waals surface area (Å²) in [4.78, 5) is 13.0. The molecule has 0 aliphatic heterocycles. The Morgan fingerprint density at radius 1 is 1.29 bits per heavy atom. The van der Waals surface area contributed by atoms with Crippen LogP contribution in [0.2, 0.25) is 5.02 Å². The lowest BCUT2D eigenvalue weighted by Crippen LogP contribution is -2.28. The molecule has 0 radical (unpaired) electrons. The van der Waals surface area contributed by atoms with Crippen LogP contribution < -0.4 is 5.32 Å². The number of rotatable bonds is 6. The van der Waals surface area contributed by atoms with Crippen LogP contribution in [0.15, 0.2) is 18.6 Å². The Balaban J connectivity index is 1.56. The largest absolute Gasteiger partial charge is 0.435 e. The van der Waals surface area contributed by atoms with Crippen LogP contribution in [0.5, 0.6) is 0 Å². The molecule has 4 rings (SSSR count). The van der Waals surface area contributed by atoms with Crippen LogP contribution in [0.3, 0.4) is 0 Å². The van der Waals surface area contributed by atoms with Gasteiger partial charge in [0.25, 0.3) is 0 Å². The van der Waals surface area contributed by atoms with Crippen molar-refractivity contribution in [3.05, 3.63) is 46.1 Å². The zero-order valence-corrected chi connectivity index (χ0v) is 17.7. The van der Waals surface area contributed by atoms with Crippen molar-refractivity contribution in [2.24, 2.45) is 7.05 Å². The number of nitrogens with zero attached hydrogens (tertiary/aromatic N) is 6. The lowest BCUT2D eigenvalue weighted by molar-refractivity contribution is -0.142. The van der Waals surface area contributed by atoms with E-state index in [9.17, 15) is 18.0 Å². The molecule has 0 aromatic carbocycles. The van der Waals surface area contributed by atoms with Gasteiger partial charge in [0.1, 0.15) is 11.1 Å². The molecule has 12 heteroatoms. The van der Waals surface area contributed by atoms with E-state index < -0.39 is 23.8 Å². The lowest BCUT2D eigenvalue weighted by Gasteiger charge is -2.17. The highest BCUT2D eigenvalue weighted by Crippen LogP contribution is 2.38. The molecule has 1 aliphatic rings. The highest BCUT2D eigenvalue weighted by Gasteiger charge is 2.41. The predicted molar refractivity (Wildman–Crippen MR) is 107 cm³/mol. The van der Waals surface area contributed by atoms with Gasteiger partial charge in [-0.1, -0.05) is 18.5 Å². The molecule has 1 unspecified atom stereocenters. The molecule has 1 atom stereocenters. The van der Waals surface area contributed by atoms with Crippen molar-refractivity contribution in [3.63, 3.8) is 0 Å². The van der Waals surface area contributed by atoms with Crippen LogP contribution in [0, 0.1) is 0 Å². The summed E-state index contributed by atoms with van der Waals surface area (Å²) >= 11 is 6.22. The Morgan fingerprint density at radius 2 is 2.06 bits per heavy atom. The molecule has 1 aliphatic carbocycles. The molecular formula is C19H21ClF3N7O.